The highest BCUT2D eigenvalue weighted by Gasteiger charge is 2.25. The molecule has 2 aromatic rings. The molecule has 202 valence electrons. The molecule has 1 aromatic carbocycles. The SMILES string of the molecule is CC(C)(C)C(=O)OCn1cc(CCCC(=O)NC2CCN(C(=O)OCc3ccc(Cl)cc3Cl)CC2)nn1. The van der Waals surface area contributed by atoms with E-state index in [4.69, 9.17) is 32.7 Å². The second-order valence-electron chi connectivity index (χ2n) is 10.0. The zero-order chi connectivity index (χ0) is 27.0. The predicted octanol–water partition coefficient (Wildman–Crippen LogP) is 4.37. The fraction of sp³-hybridized carbons (Fsp3) is 0.560. The summed E-state index contributed by atoms with van der Waals surface area (Å²) in [5, 5.41) is 12.0. The number of aromatic nitrogens is 3. The van der Waals surface area contributed by atoms with Gasteiger partial charge in [0.1, 0.15) is 6.61 Å². The minimum absolute atomic E-state index is 0.00467. The Labute approximate surface area is 226 Å². The van der Waals surface area contributed by atoms with Gasteiger partial charge in [-0.2, -0.15) is 0 Å². The molecule has 1 saturated heterocycles. The van der Waals surface area contributed by atoms with Crippen molar-refractivity contribution in [3.05, 3.63) is 45.7 Å². The van der Waals surface area contributed by atoms with E-state index in [1.807, 2.05) is 0 Å². The van der Waals surface area contributed by atoms with Crippen LogP contribution in [0, 0.1) is 5.41 Å². The van der Waals surface area contributed by atoms with Crippen LogP contribution in [0.25, 0.3) is 0 Å². The number of piperidine rings is 1. The van der Waals surface area contributed by atoms with E-state index in [-0.39, 0.29) is 31.3 Å². The number of aryl methyl sites for hydroxylation is 1. The zero-order valence-electron chi connectivity index (χ0n) is 21.3. The Bertz CT molecular complexity index is 1090. The van der Waals surface area contributed by atoms with Crippen molar-refractivity contribution >= 4 is 41.2 Å². The van der Waals surface area contributed by atoms with Gasteiger partial charge < -0.3 is 19.7 Å². The Morgan fingerprint density at radius 3 is 2.54 bits per heavy atom. The molecule has 1 N–H and O–H groups in total. The lowest BCUT2D eigenvalue weighted by Crippen LogP contribution is -2.46. The van der Waals surface area contributed by atoms with E-state index in [1.54, 1.807) is 50.1 Å². The lowest BCUT2D eigenvalue weighted by molar-refractivity contribution is -0.157. The molecule has 1 aliphatic rings. The van der Waals surface area contributed by atoms with E-state index in [1.165, 1.54) is 4.68 Å². The van der Waals surface area contributed by atoms with Gasteiger partial charge in [0.15, 0.2) is 6.73 Å². The highest BCUT2D eigenvalue weighted by atomic mass is 35.5. The van der Waals surface area contributed by atoms with Gasteiger partial charge in [0, 0.05) is 41.2 Å². The average Bonchev–Trinajstić information content (AvgIpc) is 3.29. The standard InChI is InChI=1S/C25H33Cl2N5O5/c1-25(2,3)23(34)37-16-32-14-20(29-30-32)5-4-6-22(33)28-19-9-11-31(12-10-19)24(35)36-15-17-7-8-18(26)13-21(17)27/h7-8,13-14,19H,4-6,9-12,15-16H2,1-3H3,(H,28,33). The van der Waals surface area contributed by atoms with Crippen LogP contribution in [-0.2, 0) is 38.8 Å². The first-order chi connectivity index (χ1) is 17.5. The van der Waals surface area contributed by atoms with Crippen LogP contribution in [0.1, 0.15) is 57.7 Å². The zero-order valence-corrected chi connectivity index (χ0v) is 22.8. The van der Waals surface area contributed by atoms with Gasteiger partial charge in [-0.3, -0.25) is 9.59 Å². The maximum atomic E-state index is 12.4. The fourth-order valence-electron chi connectivity index (χ4n) is 3.66. The molecule has 0 bridgehead atoms. The van der Waals surface area contributed by atoms with Crippen LogP contribution in [-0.4, -0.2) is 57.0 Å². The van der Waals surface area contributed by atoms with Crippen molar-refractivity contribution in [2.45, 2.75) is 72.3 Å². The molecule has 1 aromatic heterocycles. The Balaban J connectivity index is 1.30. The number of likely N-dealkylation sites (tertiary alicyclic amines) is 1. The summed E-state index contributed by atoms with van der Waals surface area (Å²) >= 11 is 12.0. The molecule has 0 saturated carbocycles. The van der Waals surface area contributed by atoms with Gasteiger partial charge in [-0.25, -0.2) is 9.48 Å². The summed E-state index contributed by atoms with van der Waals surface area (Å²) in [5.41, 5.74) is 0.836. The summed E-state index contributed by atoms with van der Waals surface area (Å²) in [4.78, 5) is 38.2. The Morgan fingerprint density at radius 2 is 1.86 bits per heavy atom. The third kappa shape index (κ3) is 9.19. The van der Waals surface area contributed by atoms with Gasteiger partial charge in [-0.1, -0.05) is 34.5 Å². The van der Waals surface area contributed by atoms with Gasteiger partial charge in [-0.05, 0) is 58.6 Å². The molecule has 1 fully saturated rings. The highest BCUT2D eigenvalue weighted by molar-refractivity contribution is 6.35. The molecular weight excluding hydrogens is 521 g/mol. The molecule has 0 atom stereocenters. The third-order valence-electron chi connectivity index (χ3n) is 5.85. The summed E-state index contributed by atoms with van der Waals surface area (Å²) in [6.07, 6.45) is 4.18. The Hall–Kier alpha value is -2.85. The number of rotatable bonds is 9. The number of halogens is 2. The number of carbonyl (C=O) groups excluding carboxylic acids is 3. The minimum atomic E-state index is -0.580. The van der Waals surface area contributed by atoms with E-state index < -0.39 is 11.5 Å². The Kier molecular flexibility index (Phi) is 10.2. The van der Waals surface area contributed by atoms with Crippen molar-refractivity contribution in [2.24, 2.45) is 5.41 Å². The largest absolute Gasteiger partial charge is 0.444 e. The molecular formula is C25H33Cl2N5O5. The number of amides is 2. The molecule has 0 aliphatic carbocycles. The number of esters is 1. The van der Waals surface area contributed by atoms with Gasteiger partial charge in [0.2, 0.25) is 5.91 Å². The van der Waals surface area contributed by atoms with Crippen molar-refractivity contribution in [3.63, 3.8) is 0 Å². The molecule has 0 spiro atoms. The number of ether oxygens (including phenoxy) is 2. The van der Waals surface area contributed by atoms with E-state index in [0.717, 1.165) is 5.69 Å². The molecule has 12 heteroatoms. The van der Waals surface area contributed by atoms with Crippen LogP contribution in [0.3, 0.4) is 0 Å². The number of hydrogen-bond acceptors (Lipinski definition) is 7. The molecule has 0 unspecified atom stereocenters. The van der Waals surface area contributed by atoms with E-state index in [2.05, 4.69) is 15.6 Å². The fourth-order valence-corrected chi connectivity index (χ4v) is 4.13. The molecule has 2 heterocycles. The smallest absolute Gasteiger partial charge is 0.410 e. The minimum Gasteiger partial charge on any atom is -0.444 e. The quantitative estimate of drug-likeness (QED) is 0.458. The van der Waals surface area contributed by atoms with E-state index >= 15 is 0 Å². The summed E-state index contributed by atoms with van der Waals surface area (Å²) in [6, 6.07) is 5.05. The van der Waals surface area contributed by atoms with Gasteiger partial charge in [0.25, 0.3) is 0 Å². The van der Waals surface area contributed by atoms with Gasteiger partial charge in [0.05, 0.1) is 17.3 Å². The van der Waals surface area contributed by atoms with Crippen LogP contribution in [0.4, 0.5) is 4.79 Å². The van der Waals surface area contributed by atoms with Crippen molar-refractivity contribution < 1.29 is 23.9 Å². The van der Waals surface area contributed by atoms with E-state index in [0.29, 0.717) is 60.8 Å². The number of nitrogens with one attached hydrogen (secondary N) is 1. The Morgan fingerprint density at radius 1 is 1.14 bits per heavy atom. The number of benzene rings is 1. The first-order valence-corrected chi connectivity index (χ1v) is 13.0. The maximum absolute atomic E-state index is 12.4. The number of hydrogen-bond donors (Lipinski definition) is 1. The van der Waals surface area contributed by atoms with Gasteiger partial charge >= 0.3 is 12.1 Å². The molecule has 3 rings (SSSR count). The van der Waals surface area contributed by atoms with Crippen LogP contribution in [0.2, 0.25) is 10.0 Å². The third-order valence-corrected chi connectivity index (χ3v) is 6.43. The lowest BCUT2D eigenvalue weighted by atomic mass is 9.98. The first kappa shape index (κ1) is 28.7. The van der Waals surface area contributed by atoms with Crippen molar-refractivity contribution in [3.8, 4) is 0 Å². The average molecular weight is 554 g/mol. The molecule has 2 amide bonds. The van der Waals surface area contributed by atoms with E-state index in [9.17, 15) is 14.4 Å². The van der Waals surface area contributed by atoms with Crippen molar-refractivity contribution in [1.29, 1.82) is 0 Å². The summed E-state index contributed by atoms with van der Waals surface area (Å²) in [6.45, 7) is 6.43. The van der Waals surface area contributed by atoms with Crippen LogP contribution < -0.4 is 5.32 Å². The second-order valence-corrected chi connectivity index (χ2v) is 10.9. The molecule has 1 aliphatic heterocycles. The molecule has 0 radical (unpaired) electrons. The van der Waals surface area contributed by atoms with Crippen molar-refractivity contribution in [1.82, 2.24) is 25.2 Å². The van der Waals surface area contributed by atoms with Crippen molar-refractivity contribution in [2.75, 3.05) is 13.1 Å². The lowest BCUT2D eigenvalue weighted by Gasteiger charge is -2.31. The summed E-state index contributed by atoms with van der Waals surface area (Å²) in [7, 11) is 0. The highest BCUT2D eigenvalue weighted by Crippen LogP contribution is 2.22. The molecule has 37 heavy (non-hydrogen) atoms. The van der Waals surface area contributed by atoms with Gasteiger partial charge in [-0.15, -0.1) is 5.10 Å². The monoisotopic (exact) mass is 553 g/mol. The summed E-state index contributed by atoms with van der Waals surface area (Å²) < 4.78 is 12.1. The number of nitrogens with zero attached hydrogens (tertiary/aromatic N) is 4. The second kappa shape index (κ2) is 13.1. The topological polar surface area (TPSA) is 116 Å². The normalized spacial score (nSPS) is 14.4. The van der Waals surface area contributed by atoms with Crippen LogP contribution in [0.15, 0.2) is 24.4 Å². The predicted molar refractivity (Wildman–Crippen MR) is 138 cm³/mol. The molecule has 10 nitrogen and oxygen atoms in total. The van der Waals surface area contributed by atoms with Crippen LogP contribution >= 0.6 is 23.2 Å². The number of carbonyl (C=O) groups is 3. The summed E-state index contributed by atoms with van der Waals surface area (Å²) in [5.74, 6) is -0.350. The van der Waals surface area contributed by atoms with Crippen LogP contribution in [0.5, 0.6) is 0 Å². The first-order valence-electron chi connectivity index (χ1n) is 12.2. The maximum Gasteiger partial charge on any atom is 0.410 e.